The maximum absolute atomic E-state index is 13.2. The Balaban J connectivity index is 0.00000208. The molecule has 134 valence electrons. The molecule has 2 fully saturated rings. The van der Waals surface area contributed by atoms with Gasteiger partial charge in [0.15, 0.2) is 0 Å². The van der Waals surface area contributed by atoms with Crippen LogP contribution in [0.1, 0.15) is 50.5 Å². The van der Waals surface area contributed by atoms with Crippen molar-refractivity contribution in [1.29, 1.82) is 0 Å². The third-order valence-corrected chi connectivity index (χ3v) is 5.79. The Bertz CT molecular complexity index is 558. The smallest absolute Gasteiger partial charge is 0.230 e. The van der Waals surface area contributed by atoms with Crippen molar-refractivity contribution in [3.05, 3.63) is 29.8 Å². The van der Waals surface area contributed by atoms with E-state index in [1.165, 1.54) is 6.42 Å². The maximum atomic E-state index is 13.2. The van der Waals surface area contributed by atoms with Crippen LogP contribution in [0.5, 0.6) is 5.75 Å². The van der Waals surface area contributed by atoms with E-state index in [0.717, 1.165) is 49.8 Å². The summed E-state index contributed by atoms with van der Waals surface area (Å²) in [6, 6.07) is 8.27. The Hall–Kier alpha value is -1.26. The number of benzene rings is 1. The van der Waals surface area contributed by atoms with Crippen molar-refractivity contribution in [3.8, 4) is 5.75 Å². The van der Waals surface area contributed by atoms with Crippen molar-refractivity contribution >= 4 is 18.3 Å². The highest BCUT2D eigenvalue weighted by atomic mass is 35.5. The Morgan fingerprint density at radius 2 is 2.04 bits per heavy atom. The average Bonchev–Trinajstić information content (AvgIpc) is 3.24. The lowest BCUT2D eigenvalue weighted by molar-refractivity contribution is -0.127. The van der Waals surface area contributed by atoms with E-state index in [4.69, 9.17) is 10.5 Å². The number of ether oxygens (including phenoxy) is 1. The molecule has 2 aliphatic rings. The molecule has 5 heteroatoms. The molecule has 2 atom stereocenters. The second-order valence-corrected chi connectivity index (χ2v) is 7.03. The lowest BCUT2D eigenvalue weighted by atomic mass is 9.77. The highest BCUT2D eigenvalue weighted by Gasteiger charge is 2.44. The standard InChI is InChI=1S/C19H28N2O2.ClH/c1-23-16-8-5-7-15(12-16)19(10-2-3-11-19)18(22)21-17-9-4-6-14(17)13-20;/h5,7-8,12,14,17H,2-4,6,9-11,13,20H2,1H3,(H,21,22);1H. The van der Waals surface area contributed by atoms with Crippen LogP contribution in [0.15, 0.2) is 24.3 Å². The summed E-state index contributed by atoms with van der Waals surface area (Å²) in [4.78, 5) is 13.2. The molecule has 0 saturated heterocycles. The summed E-state index contributed by atoms with van der Waals surface area (Å²) >= 11 is 0. The van der Waals surface area contributed by atoms with Crippen LogP contribution in [0, 0.1) is 5.92 Å². The summed E-state index contributed by atoms with van der Waals surface area (Å²) in [6.45, 7) is 0.664. The molecule has 24 heavy (non-hydrogen) atoms. The number of carbonyl (C=O) groups excluding carboxylic acids is 1. The van der Waals surface area contributed by atoms with Gasteiger partial charge >= 0.3 is 0 Å². The van der Waals surface area contributed by atoms with Crippen LogP contribution < -0.4 is 15.8 Å². The molecular formula is C19H29ClN2O2. The Labute approximate surface area is 150 Å². The monoisotopic (exact) mass is 352 g/mol. The molecule has 0 radical (unpaired) electrons. The van der Waals surface area contributed by atoms with Gasteiger partial charge in [-0.3, -0.25) is 4.79 Å². The number of halogens is 1. The van der Waals surface area contributed by atoms with E-state index in [-0.39, 0.29) is 24.4 Å². The largest absolute Gasteiger partial charge is 0.497 e. The van der Waals surface area contributed by atoms with Crippen LogP contribution in [0.4, 0.5) is 0 Å². The van der Waals surface area contributed by atoms with Gasteiger partial charge in [0, 0.05) is 6.04 Å². The van der Waals surface area contributed by atoms with Gasteiger partial charge in [0.25, 0.3) is 0 Å². The first-order valence-corrected chi connectivity index (χ1v) is 8.85. The van der Waals surface area contributed by atoms with Gasteiger partial charge < -0.3 is 15.8 Å². The fourth-order valence-corrected chi connectivity index (χ4v) is 4.36. The van der Waals surface area contributed by atoms with E-state index in [0.29, 0.717) is 12.5 Å². The molecule has 1 aromatic carbocycles. The SMILES string of the molecule is COc1cccc(C2(C(=O)NC3CCCC3CN)CCCC2)c1.Cl. The van der Waals surface area contributed by atoms with Gasteiger partial charge in [0.1, 0.15) is 5.75 Å². The fourth-order valence-electron chi connectivity index (χ4n) is 4.36. The van der Waals surface area contributed by atoms with Crippen LogP contribution >= 0.6 is 12.4 Å². The normalized spacial score (nSPS) is 25.1. The van der Waals surface area contributed by atoms with Crippen molar-refractivity contribution in [2.24, 2.45) is 11.7 Å². The lowest BCUT2D eigenvalue weighted by Gasteiger charge is -2.31. The van der Waals surface area contributed by atoms with Gasteiger partial charge in [0.2, 0.25) is 5.91 Å². The minimum Gasteiger partial charge on any atom is -0.497 e. The molecule has 0 bridgehead atoms. The van der Waals surface area contributed by atoms with E-state index < -0.39 is 5.41 Å². The summed E-state index contributed by atoms with van der Waals surface area (Å²) < 4.78 is 5.36. The third-order valence-electron chi connectivity index (χ3n) is 5.79. The molecule has 0 aliphatic heterocycles. The summed E-state index contributed by atoms with van der Waals surface area (Å²) in [5, 5.41) is 3.34. The number of hydrogen-bond acceptors (Lipinski definition) is 3. The summed E-state index contributed by atoms with van der Waals surface area (Å²) in [6.07, 6.45) is 7.41. The molecular weight excluding hydrogens is 324 g/mol. The number of nitrogens with two attached hydrogens (primary N) is 1. The van der Waals surface area contributed by atoms with E-state index in [1.807, 2.05) is 18.2 Å². The second kappa shape index (κ2) is 8.21. The highest BCUT2D eigenvalue weighted by molar-refractivity contribution is 5.89. The molecule has 0 heterocycles. The van der Waals surface area contributed by atoms with Gasteiger partial charge in [0.05, 0.1) is 12.5 Å². The van der Waals surface area contributed by atoms with E-state index >= 15 is 0 Å². The number of amides is 1. The molecule has 2 aliphatic carbocycles. The summed E-state index contributed by atoms with van der Waals surface area (Å²) in [5.41, 5.74) is 6.57. The number of nitrogens with one attached hydrogen (secondary N) is 1. The van der Waals surface area contributed by atoms with Gasteiger partial charge in [-0.2, -0.15) is 0 Å². The number of methoxy groups -OCH3 is 1. The zero-order valence-electron chi connectivity index (χ0n) is 14.4. The number of carbonyl (C=O) groups is 1. The van der Waals surface area contributed by atoms with Crippen molar-refractivity contribution in [2.45, 2.75) is 56.4 Å². The molecule has 0 aromatic heterocycles. The van der Waals surface area contributed by atoms with Crippen LogP contribution in [0.25, 0.3) is 0 Å². The van der Waals surface area contributed by atoms with Crippen LogP contribution in [0.3, 0.4) is 0 Å². The Kier molecular flexibility index (Phi) is 6.53. The molecule has 3 N–H and O–H groups in total. The molecule has 2 saturated carbocycles. The van der Waals surface area contributed by atoms with Gasteiger partial charge in [-0.25, -0.2) is 0 Å². The van der Waals surface area contributed by atoms with Crippen LogP contribution in [-0.2, 0) is 10.2 Å². The van der Waals surface area contributed by atoms with Crippen molar-refractivity contribution in [3.63, 3.8) is 0 Å². The number of rotatable bonds is 5. The molecule has 4 nitrogen and oxygen atoms in total. The van der Waals surface area contributed by atoms with Crippen molar-refractivity contribution < 1.29 is 9.53 Å². The minimum absolute atomic E-state index is 0. The van der Waals surface area contributed by atoms with E-state index in [9.17, 15) is 4.79 Å². The molecule has 1 amide bonds. The predicted octanol–water partition coefficient (Wildman–Crippen LogP) is 3.17. The molecule has 2 unspecified atom stereocenters. The third kappa shape index (κ3) is 3.55. The number of hydrogen-bond donors (Lipinski definition) is 2. The lowest BCUT2D eigenvalue weighted by Crippen LogP contribution is -2.49. The van der Waals surface area contributed by atoms with Crippen molar-refractivity contribution in [2.75, 3.05) is 13.7 Å². The predicted molar refractivity (Wildman–Crippen MR) is 98.7 cm³/mol. The Morgan fingerprint density at radius 1 is 1.29 bits per heavy atom. The van der Waals surface area contributed by atoms with Crippen LogP contribution in [0.2, 0.25) is 0 Å². The summed E-state index contributed by atoms with van der Waals surface area (Å²) in [5.74, 6) is 1.44. The van der Waals surface area contributed by atoms with Gasteiger partial charge in [-0.1, -0.05) is 31.4 Å². The van der Waals surface area contributed by atoms with Crippen LogP contribution in [-0.4, -0.2) is 25.6 Å². The second-order valence-electron chi connectivity index (χ2n) is 7.03. The summed E-state index contributed by atoms with van der Waals surface area (Å²) in [7, 11) is 1.67. The van der Waals surface area contributed by atoms with Crippen molar-refractivity contribution in [1.82, 2.24) is 5.32 Å². The Morgan fingerprint density at radius 3 is 2.71 bits per heavy atom. The topological polar surface area (TPSA) is 64.3 Å². The maximum Gasteiger partial charge on any atom is 0.230 e. The highest BCUT2D eigenvalue weighted by Crippen LogP contribution is 2.42. The molecule has 0 spiro atoms. The van der Waals surface area contributed by atoms with Gasteiger partial charge in [-0.05, 0) is 55.8 Å². The van der Waals surface area contributed by atoms with E-state index in [1.54, 1.807) is 7.11 Å². The molecule has 3 rings (SSSR count). The first-order valence-electron chi connectivity index (χ1n) is 8.85. The molecule has 1 aromatic rings. The van der Waals surface area contributed by atoms with E-state index in [2.05, 4.69) is 11.4 Å². The first-order chi connectivity index (χ1) is 11.2. The average molecular weight is 353 g/mol. The first kappa shape index (κ1) is 19.1. The zero-order valence-corrected chi connectivity index (χ0v) is 15.2. The zero-order chi connectivity index (χ0) is 16.3. The minimum atomic E-state index is -0.393. The fraction of sp³-hybridized carbons (Fsp3) is 0.632. The van der Waals surface area contributed by atoms with Gasteiger partial charge in [-0.15, -0.1) is 12.4 Å². The quantitative estimate of drug-likeness (QED) is 0.855.